The maximum absolute atomic E-state index is 13.9. The molecule has 0 heterocycles. The molecule has 1 aromatic carbocycles. The van der Waals surface area contributed by atoms with Crippen LogP contribution in [-0.4, -0.2) is 97.0 Å². The van der Waals surface area contributed by atoms with Crippen molar-refractivity contribution in [3.05, 3.63) is 22.8 Å². The second kappa shape index (κ2) is 10.3. The Morgan fingerprint density at radius 2 is 1.89 bits per heavy atom. The largest absolute Gasteiger partial charge is 0.507 e. The second-order valence-corrected chi connectivity index (χ2v) is 10.1. The number of ketones is 3. The number of hydrogen-bond donors (Lipinski definition) is 4. The number of amides is 1. The van der Waals surface area contributed by atoms with Gasteiger partial charge in [0.15, 0.2) is 23.0 Å². The van der Waals surface area contributed by atoms with Crippen LogP contribution in [-0.2, 0) is 32.1 Å². The average Bonchev–Trinajstić information content (AvgIpc) is 2.78. The number of Topliss-reactive ketones (excluding diaryl/α,β-unsaturated/α-hetero) is 3. The van der Waals surface area contributed by atoms with Crippen molar-refractivity contribution in [3.63, 3.8) is 0 Å². The molecule has 0 bridgehead atoms. The van der Waals surface area contributed by atoms with Crippen molar-refractivity contribution >= 4 is 28.9 Å². The van der Waals surface area contributed by atoms with Crippen LogP contribution in [0.4, 0.5) is 5.69 Å². The van der Waals surface area contributed by atoms with E-state index in [-0.39, 0.29) is 30.8 Å². The summed E-state index contributed by atoms with van der Waals surface area (Å²) in [6, 6.07) is 0.926. The summed E-state index contributed by atoms with van der Waals surface area (Å²) in [6.07, 6.45) is -0.603. The molecule has 11 nitrogen and oxygen atoms in total. The number of rotatable bonds is 9. The number of benzene rings is 1. The zero-order valence-corrected chi connectivity index (χ0v) is 21.3. The van der Waals surface area contributed by atoms with Crippen LogP contribution in [0, 0.1) is 17.8 Å². The van der Waals surface area contributed by atoms with E-state index in [1.165, 1.54) is 7.11 Å². The minimum atomic E-state index is -2.70. The fourth-order valence-corrected chi connectivity index (χ4v) is 5.83. The SMILES string of the molecule is COCc1cc(N(C)C)c2c(c1O)C(=O)C1C(=O)[C@](O)(C(=O)CC(N)=O)[C@H]([C@H](CO)N(C)C)C[C@@H]1C2. The smallest absolute Gasteiger partial charge is 0.225 e. The van der Waals surface area contributed by atoms with E-state index in [9.17, 15) is 34.5 Å². The van der Waals surface area contributed by atoms with E-state index in [4.69, 9.17) is 10.5 Å². The van der Waals surface area contributed by atoms with Crippen LogP contribution in [0.25, 0.3) is 0 Å². The molecule has 0 aromatic heterocycles. The molecule has 1 amide bonds. The van der Waals surface area contributed by atoms with Gasteiger partial charge in [-0.25, -0.2) is 0 Å². The summed E-state index contributed by atoms with van der Waals surface area (Å²) in [5.74, 6) is -7.24. The average molecular weight is 506 g/mol. The number of hydrogen-bond acceptors (Lipinski definition) is 10. The van der Waals surface area contributed by atoms with Crippen molar-refractivity contribution in [1.29, 1.82) is 0 Å². The summed E-state index contributed by atoms with van der Waals surface area (Å²) in [5, 5.41) is 32.7. The third-order valence-corrected chi connectivity index (χ3v) is 7.54. The van der Waals surface area contributed by atoms with Gasteiger partial charge in [0.25, 0.3) is 0 Å². The van der Waals surface area contributed by atoms with E-state index in [2.05, 4.69) is 0 Å². The van der Waals surface area contributed by atoms with Gasteiger partial charge in [-0.1, -0.05) is 0 Å². The monoisotopic (exact) mass is 505 g/mol. The minimum Gasteiger partial charge on any atom is -0.507 e. The second-order valence-electron chi connectivity index (χ2n) is 10.1. The first-order valence-corrected chi connectivity index (χ1v) is 11.7. The van der Waals surface area contributed by atoms with Crippen molar-refractivity contribution < 1.29 is 39.2 Å². The predicted octanol–water partition coefficient (Wildman–Crippen LogP) is -0.737. The van der Waals surface area contributed by atoms with E-state index < -0.39 is 65.7 Å². The molecule has 2 aliphatic carbocycles. The van der Waals surface area contributed by atoms with E-state index in [0.29, 0.717) is 16.8 Å². The molecule has 1 fully saturated rings. The third-order valence-electron chi connectivity index (χ3n) is 7.54. The van der Waals surface area contributed by atoms with Crippen LogP contribution in [0.5, 0.6) is 5.75 Å². The van der Waals surface area contributed by atoms with Crippen molar-refractivity contribution in [2.24, 2.45) is 23.5 Å². The fraction of sp³-hybridized carbons (Fsp3) is 0.600. The van der Waals surface area contributed by atoms with Gasteiger partial charge in [-0.2, -0.15) is 0 Å². The van der Waals surface area contributed by atoms with Crippen LogP contribution in [0.15, 0.2) is 6.07 Å². The molecule has 5 N–H and O–H groups in total. The number of primary amides is 1. The molecule has 2 aliphatic rings. The van der Waals surface area contributed by atoms with Gasteiger partial charge >= 0.3 is 0 Å². The number of phenolic OH excluding ortho intramolecular Hbond substituents is 1. The van der Waals surface area contributed by atoms with Gasteiger partial charge in [0.1, 0.15) is 5.75 Å². The number of anilines is 1. The molecule has 0 spiro atoms. The zero-order chi connectivity index (χ0) is 27.1. The maximum atomic E-state index is 13.9. The number of likely N-dealkylation sites (N-methyl/N-ethyl adjacent to an activating group) is 1. The van der Waals surface area contributed by atoms with Crippen LogP contribution >= 0.6 is 0 Å². The minimum absolute atomic E-state index is 0.0272. The topological polar surface area (TPSA) is 171 Å². The summed E-state index contributed by atoms with van der Waals surface area (Å²) >= 11 is 0. The number of carbonyl (C=O) groups excluding carboxylic acids is 4. The highest BCUT2D eigenvalue weighted by molar-refractivity contribution is 6.24. The first-order chi connectivity index (χ1) is 16.8. The van der Waals surface area contributed by atoms with Gasteiger partial charge < -0.3 is 35.6 Å². The number of aliphatic hydroxyl groups excluding tert-OH is 1. The Labute approximate surface area is 209 Å². The van der Waals surface area contributed by atoms with Crippen LogP contribution < -0.4 is 10.6 Å². The Kier molecular flexibility index (Phi) is 7.89. The summed E-state index contributed by atoms with van der Waals surface area (Å²) in [5.41, 5.74) is 4.07. The molecule has 1 aromatic rings. The van der Waals surface area contributed by atoms with Gasteiger partial charge in [-0.15, -0.1) is 0 Å². The number of nitrogens with zero attached hydrogens (tertiary/aromatic N) is 2. The predicted molar refractivity (Wildman–Crippen MR) is 130 cm³/mol. The van der Waals surface area contributed by atoms with Gasteiger partial charge in [0, 0.05) is 44.4 Å². The van der Waals surface area contributed by atoms with Crippen molar-refractivity contribution in [1.82, 2.24) is 4.90 Å². The molecule has 3 rings (SSSR count). The number of carbonyl (C=O) groups is 4. The molecular formula is C25H35N3O8. The zero-order valence-electron chi connectivity index (χ0n) is 21.3. The number of aromatic hydroxyl groups is 1. The van der Waals surface area contributed by atoms with Crippen LogP contribution in [0.3, 0.4) is 0 Å². The maximum Gasteiger partial charge on any atom is 0.225 e. The number of phenols is 1. The lowest BCUT2D eigenvalue weighted by Gasteiger charge is -2.49. The molecule has 5 atom stereocenters. The number of aliphatic hydroxyl groups is 2. The van der Waals surface area contributed by atoms with E-state index in [0.717, 1.165) is 0 Å². The highest BCUT2D eigenvalue weighted by atomic mass is 16.5. The molecule has 198 valence electrons. The van der Waals surface area contributed by atoms with Gasteiger partial charge in [0.2, 0.25) is 5.91 Å². The summed E-state index contributed by atoms with van der Waals surface area (Å²) < 4.78 is 5.16. The fourth-order valence-electron chi connectivity index (χ4n) is 5.83. The number of methoxy groups -OCH3 is 1. The number of fused-ring (bicyclic) bond motifs is 2. The lowest BCUT2D eigenvalue weighted by molar-refractivity contribution is -0.171. The molecule has 1 saturated carbocycles. The Balaban J connectivity index is 2.22. The molecule has 0 aliphatic heterocycles. The molecule has 0 saturated heterocycles. The first kappa shape index (κ1) is 27.7. The van der Waals surface area contributed by atoms with E-state index >= 15 is 0 Å². The number of ether oxygens (including phenoxy) is 1. The molecule has 11 heteroatoms. The van der Waals surface area contributed by atoms with Crippen molar-refractivity contribution in [3.8, 4) is 5.75 Å². The van der Waals surface area contributed by atoms with Gasteiger partial charge in [-0.3, -0.25) is 19.2 Å². The molecule has 36 heavy (non-hydrogen) atoms. The van der Waals surface area contributed by atoms with E-state index in [1.54, 1.807) is 44.1 Å². The lowest BCUT2D eigenvalue weighted by atomic mass is 9.56. The Morgan fingerprint density at radius 1 is 1.25 bits per heavy atom. The highest BCUT2D eigenvalue weighted by Gasteiger charge is 2.62. The Hall–Kier alpha value is -2.86. The summed E-state index contributed by atoms with van der Waals surface area (Å²) in [7, 11) is 8.31. The van der Waals surface area contributed by atoms with Crippen molar-refractivity contribution in [2.75, 3.05) is 46.8 Å². The highest BCUT2D eigenvalue weighted by Crippen LogP contribution is 2.50. The van der Waals surface area contributed by atoms with Crippen LogP contribution in [0.1, 0.15) is 34.3 Å². The third kappa shape index (κ3) is 4.40. The quantitative estimate of drug-likeness (QED) is 0.313. The molecule has 0 radical (unpaired) electrons. The van der Waals surface area contributed by atoms with Crippen LogP contribution in [0.2, 0.25) is 0 Å². The lowest BCUT2D eigenvalue weighted by Crippen LogP contribution is -2.67. The molecule has 1 unspecified atom stereocenters. The van der Waals surface area contributed by atoms with E-state index in [1.807, 2.05) is 0 Å². The standard InChI is InChI=1S/C25H35N3O8/c1-27(2)16-8-13(11-36-5)22(32)21-14(16)6-12-7-15(17(10-29)28(3)4)25(35,18(30)9-19(26)31)24(34)20(12)23(21)33/h8,12,15,17,20,29,32,35H,6-7,9-11H2,1-5H3,(H2,26,31)/t12-,15-,17-,20?,25+/m0/s1. The molecular weight excluding hydrogens is 470 g/mol. The Morgan fingerprint density at radius 3 is 2.39 bits per heavy atom. The van der Waals surface area contributed by atoms with Gasteiger partial charge in [-0.05, 0) is 44.5 Å². The van der Waals surface area contributed by atoms with Crippen molar-refractivity contribution in [2.45, 2.75) is 37.5 Å². The van der Waals surface area contributed by atoms with Gasteiger partial charge in [0.05, 0.1) is 31.1 Å². The Bertz CT molecular complexity index is 1090. The number of nitrogens with two attached hydrogens (primary N) is 1. The summed E-state index contributed by atoms with van der Waals surface area (Å²) in [4.78, 5) is 55.7. The normalized spacial score (nSPS) is 26.4. The first-order valence-electron chi connectivity index (χ1n) is 11.7. The summed E-state index contributed by atoms with van der Waals surface area (Å²) in [6.45, 7) is -0.442.